The molecule has 0 bridgehead atoms. The SMILES string of the molecule is CC(C)(C#N)CCn1cccc1C(=O)O. The van der Waals surface area contributed by atoms with E-state index in [9.17, 15) is 4.79 Å². The van der Waals surface area contributed by atoms with Crippen LogP contribution >= 0.6 is 0 Å². The van der Waals surface area contributed by atoms with Crippen LogP contribution in [0.4, 0.5) is 0 Å². The number of hydrogen-bond donors (Lipinski definition) is 1. The summed E-state index contributed by atoms with van der Waals surface area (Å²) in [5.74, 6) is -0.935. The van der Waals surface area contributed by atoms with E-state index in [-0.39, 0.29) is 5.69 Å². The molecule has 15 heavy (non-hydrogen) atoms. The van der Waals surface area contributed by atoms with Gasteiger partial charge in [0.2, 0.25) is 0 Å². The standard InChI is InChI=1S/C11H14N2O2/c1-11(2,8-12)5-7-13-6-3-4-9(13)10(14)15/h3-4,6H,5,7H2,1-2H3,(H,14,15). The molecular weight excluding hydrogens is 192 g/mol. The average molecular weight is 206 g/mol. The molecule has 0 fully saturated rings. The van der Waals surface area contributed by atoms with Gasteiger partial charge in [-0.1, -0.05) is 0 Å². The molecule has 0 aliphatic rings. The molecular formula is C11H14N2O2. The number of nitriles is 1. The molecule has 0 amide bonds. The molecule has 1 heterocycles. The molecule has 0 saturated heterocycles. The molecule has 0 aliphatic heterocycles. The first-order valence-corrected chi connectivity index (χ1v) is 4.76. The van der Waals surface area contributed by atoms with Gasteiger partial charge in [0.05, 0.1) is 11.5 Å². The van der Waals surface area contributed by atoms with Crippen LogP contribution in [0.3, 0.4) is 0 Å². The van der Waals surface area contributed by atoms with E-state index in [1.54, 1.807) is 22.9 Å². The van der Waals surface area contributed by atoms with Crippen LogP contribution in [0.1, 0.15) is 30.8 Å². The van der Waals surface area contributed by atoms with Crippen molar-refractivity contribution < 1.29 is 9.90 Å². The van der Waals surface area contributed by atoms with Crippen LogP contribution in [0.25, 0.3) is 0 Å². The zero-order valence-corrected chi connectivity index (χ0v) is 8.90. The number of hydrogen-bond acceptors (Lipinski definition) is 2. The van der Waals surface area contributed by atoms with Crippen LogP contribution in [0.15, 0.2) is 18.3 Å². The maximum atomic E-state index is 10.8. The van der Waals surface area contributed by atoms with Crippen molar-refractivity contribution in [2.45, 2.75) is 26.8 Å². The fourth-order valence-electron chi connectivity index (χ4n) is 1.26. The van der Waals surface area contributed by atoms with Crippen molar-refractivity contribution in [2.75, 3.05) is 0 Å². The molecule has 4 heteroatoms. The molecule has 1 rings (SSSR count). The lowest BCUT2D eigenvalue weighted by Crippen LogP contribution is -2.14. The van der Waals surface area contributed by atoms with Gasteiger partial charge in [-0.2, -0.15) is 5.26 Å². The zero-order chi connectivity index (χ0) is 11.5. The maximum Gasteiger partial charge on any atom is 0.352 e. The topological polar surface area (TPSA) is 66.0 Å². The Balaban J connectivity index is 2.71. The molecule has 0 radical (unpaired) electrons. The fraction of sp³-hybridized carbons (Fsp3) is 0.455. The number of carbonyl (C=O) groups is 1. The third kappa shape index (κ3) is 2.84. The van der Waals surface area contributed by atoms with Gasteiger partial charge in [-0.3, -0.25) is 0 Å². The van der Waals surface area contributed by atoms with E-state index in [1.165, 1.54) is 0 Å². The molecule has 0 aromatic carbocycles. The lowest BCUT2D eigenvalue weighted by molar-refractivity contribution is 0.0684. The van der Waals surface area contributed by atoms with Gasteiger partial charge in [0, 0.05) is 12.7 Å². The second-order valence-electron chi connectivity index (χ2n) is 4.14. The number of carboxylic acids is 1. The second-order valence-corrected chi connectivity index (χ2v) is 4.14. The summed E-state index contributed by atoms with van der Waals surface area (Å²) in [6, 6.07) is 5.45. The number of aryl methyl sites for hydroxylation is 1. The minimum Gasteiger partial charge on any atom is -0.477 e. The Bertz CT molecular complexity index is 399. The monoisotopic (exact) mass is 206 g/mol. The van der Waals surface area contributed by atoms with Gasteiger partial charge in [-0.05, 0) is 32.4 Å². The van der Waals surface area contributed by atoms with Crippen LogP contribution in [-0.4, -0.2) is 15.6 Å². The summed E-state index contributed by atoms with van der Waals surface area (Å²) in [4.78, 5) is 10.8. The molecule has 0 unspecified atom stereocenters. The lowest BCUT2D eigenvalue weighted by atomic mass is 9.91. The van der Waals surface area contributed by atoms with Crippen molar-refractivity contribution in [2.24, 2.45) is 5.41 Å². The summed E-state index contributed by atoms with van der Waals surface area (Å²) in [5.41, 5.74) is -0.149. The number of nitrogens with zero attached hydrogens (tertiary/aromatic N) is 2. The van der Waals surface area contributed by atoms with E-state index in [2.05, 4.69) is 6.07 Å². The summed E-state index contributed by atoms with van der Waals surface area (Å²) in [7, 11) is 0. The van der Waals surface area contributed by atoms with Crippen molar-refractivity contribution in [1.82, 2.24) is 4.57 Å². The Morgan fingerprint density at radius 3 is 2.87 bits per heavy atom. The number of carboxylic acid groups (broad SMARTS) is 1. The Morgan fingerprint density at radius 1 is 1.67 bits per heavy atom. The Hall–Kier alpha value is -1.76. The molecule has 80 valence electrons. The van der Waals surface area contributed by atoms with E-state index in [0.29, 0.717) is 13.0 Å². The largest absolute Gasteiger partial charge is 0.477 e. The summed E-state index contributed by atoms with van der Waals surface area (Å²) in [6.07, 6.45) is 2.36. The maximum absolute atomic E-state index is 10.8. The Labute approximate surface area is 88.8 Å². The third-order valence-electron chi connectivity index (χ3n) is 2.33. The van der Waals surface area contributed by atoms with E-state index in [0.717, 1.165) is 0 Å². The summed E-state index contributed by atoms with van der Waals surface area (Å²) >= 11 is 0. The predicted octanol–water partition coefficient (Wildman–Crippen LogP) is 2.13. The van der Waals surface area contributed by atoms with E-state index < -0.39 is 11.4 Å². The molecule has 0 aliphatic carbocycles. The van der Waals surface area contributed by atoms with Crippen LogP contribution in [-0.2, 0) is 6.54 Å². The minimum absolute atomic E-state index is 0.267. The Kier molecular flexibility index (Phi) is 3.15. The van der Waals surface area contributed by atoms with Crippen molar-refractivity contribution in [3.8, 4) is 6.07 Å². The highest BCUT2D eigenvalue weighted by molar-refractivity contribution is 5.85. The predicted molar refractivity (Wildman–Crippen MR) is 55.4 cm³/mol. The molecule has 1 N–H and O–H groups in total. The molecule has 0 spiro atoms. The molecule has 1 aromatic heterocycles. The van der Waals surface area contributed by atoms with Gasteiger partial charge in [-0.25, -0.2) is 4.79 Å². The number of aromatic carboxylic acids is 1. The van der Waals surface area contributed by atoms with Crippen LogP contribution < -0.4 is 0 Å². The molecule has 0 saturated carbocycles. The average Bonchev–Trinajstić information content (AvgIpc) is 2.63. The third-order valence-corrected chi connectivity index (χ3v) is 2.33. The molecule has 4 nitrogen and oxygen atoms in total. The van der Waals surface area contributed by atoms with Crippen LogP contribution in [0, 0.1) is 16.7 Å². The lowest BCUT2D eigenvalue weighted by Gasteiger charge is -2.15. The van der Waals surface area contributed by atoms with Crippen molar-refractivity contribution in [1.29, 1.82) is 5.26 Å². The summed E-state index contributed by atoms with van der Waals surface area (Å²) in [5, 5.41) is 17.7. The molecule has 1 aromatic rings. The highest BCUT2D eigenvalue weighted by Crippen LogP contribution is 2.20. The second kappa shape index (κ2) is 4.18. The smallest absolute Gasteiger partial charge is 0.352 e. The van der Waals surface area contributed by atoms with E-state index in [1.807, 2.05) is 13.8 Å². The van der Waals surface area contributed by atoms with Gasteiger partial charge < -0.3 is 9.67 Å². The summed E-state index contributed by atoms with van der Waals surface area (Å²) in [6.45, 7) is 4.24. The summed E-state index contributed by atoms with van der Waals surface area (Å²) < 4.78 is 1.65. The highest BCUT2D eigenvalue weighted by atomic mass is 16.4. The fourth-order valence-corrected chi connectivity index (χ4v) is 1.26. The Morgan fingerprint density at radius 2 is 2.33 bits per heavy atom. The minimum atomic E-state index is -0.935. The number of rotatable bonds is 4. The quantitative estimate of drug-likeness (QED) is 0.820. The molecule has 0 atom stereocenters. The van der Waals surface area contributed by atoms with E-state index >= 15 is 0 Å². The van der Waals surface area contributed by atoms with Crippen LogP contribution in [0.5, 0.6) is 0 Å². The van der Waals surface area contributed by atoms with Gasteiger partial charge in [0.1, 0.15) is 5.69 Å². The van der Waals surface area contributed by atoms with Crippen LogP contribution in [0.2, 0.25) is 0 Å². The van der Waals surface area contributed by atoms with Gasteiger partial charge in [-0.15, -0.1) is 0 Å². The first kappa shape index (κ1) is 11.3. The first-order chi connectivity index (χ1) is 6.96. The number of aromatic nitrogens is 1. The highest BCUT2D eigenvalue weighted by Gasteiger charge is 2.17. The van der Waals surface area contributed by atoms with Gasteiger partial charge in [0.25, 0.3) is 0 Å². The van der Waals surface area contributed by atoms with Crippen molar-refractivity contribution in [3.05, 3.63) is 24.0 Å². The van der Waals surface area contributed by atoms with Crippen molar-refractivity contribution >= 4 is 5.97 Å². The van der Waals surface area contributed by atoms with Crippen molar-refractivity contribution in [3.63, 3.8) is 0 Å². The normalized spacial score (nSPS) is 11.0. The van der Waals surface area contributed by atoms with E-state index in [4.69, 9.17) is 10.4 Å². The van der Waals surface area contributed by atoms with Gasteiger partial charge in [0.15, 0.2) is 0 Å². The zero-order valence-electron chi connectivity index (χ0n) is 8.90. The van der Waals surface area contributed by atoms with Gasteiger partial charge >= 0.3 is 5.97 Å². The first-order valence-electron chi connectivity index (χ1n) is 4.76.